The number of halogens is 4. The number of aromatic nitrogens is 1. The molecule has 0 aliphatic heterocycles. The molecule has 7 heteroatoms. The minimum absolute atomic E-state index is 0.113. The van der Waals surface area contributed by atoms with Crippen LogP contribution in [0.1, 0.15) is 25.0 Å². The summed E-state index contributed by atoms with van der Waals surface area (Å²) in [6.45, 7) is 4.50. The van der Waals surface area contributed by atoms with Crippen LogP contribution >= 0.6 is 45.8 Å². The van der Waals surface area contributed by atoms with Crippen LogP contribution in [0.15, 0.2) is 48.7 Å². The molecule has 3 aromatic rings. The van der Waals surface area contributed by atoms with Gasteiger partial charge in [0.2, 0.25) is 0 Å². The summed E-state index contributed by atoms with van der Waals surface area (Å²) in [5.41, 5.74) is 8.83. The summed E-state index contributed by atoms with van der Waals surface area (Å²) >= 11 is 14.1. The Kier molecular flexibility index (Phi) is 5.99. The van der Waals surface area contributed by atoms with E-state index in [1.165, 1.54) is 6.07 Å². The number of alkyl halides is 1. The molecular weight excluding hydrogens is 499 g/mol. The summed E-state index contributed by atoms with van der Waals surface area (Å²) < 4.78 is 12.9. The molecule has 3 nitrogen and oxygen atoms in total. The molecule has 1 unspecified atom stereocenters. The minimum Gasteiger partial charge on any atom is -0.312 e. The van der Waals surface area contributed by atoms with Gasteiger partial charge < -0.3 is 11.1 Å². The molecule has 1 heterocycles. The summed E-state index contributed by atoms with van der Waals surface area (Å²) in [7, 11) is 0. The van der Waals surface area contributed by atoms with Crippen LogP contribution in [0.3, 0.4) is 0 Å². The monoisotopic (exact) mass is 517 g/mol. The van der Waals surface area contributed by atoms with Crippen LogP contribution in [-0.2, 0) is 10.1 Å². The fourth-order valence-electron chi connectivity index (χ4n) is 2.88. The van der Waals surface area contributed by atoms with Crippen molar-refractivity contribution in [1.29, 1.82) is 0 Å². The number of nitrogens with zero attached hydrogens (tertiary/aromatic N) is 1. The van der Waals surface area contributed by atoms with Crippen molar-refractivity contribution in [2.75, 3.05) is 0 Å². The van der Waals surface area contributed by atoms with Gasteiger partial charge >= 0.3 is 0 Å². The summed E-state index contributed by atoms with van der Waals surface area (Å²) in [5.74, 6) is -0.431. The molecule has 0 fully saturated rings. The van der Waals surface area contributed by atoms with E-state index in [4.69, 9.17) is 28.9 Å². The highest BCUT2D eigenvalue weighted by Crippen LogP contribution is 2.40. The SMILES string of the molecule is CC(C)(NCc1ccc(Cl)c(F)c1)C(N)(I)c1ccnc2cc(Cl)ccc12. The van der Waals surface area contributed by atoms with Gasteiger partial charge in [-0.05, 0) is 55.3 Å². The highest BCUT2D eigenvalue weighted by molar-refractivity contribution is 14.1. The fraction of sp³-hybridized carbons (Fsp3) is 0.250. The number of nitrogens with one attached hydrogen (secondary N) is 1. The Bertz CT molecular complexity index is 992. The molecule has 0 amide bonds. The Balaban J connectivity index is 1.91. The number of rotatable bonds is 5. The number of hydrogen-bond acceptors (Lipinski definition) is 3. The first-order chi connectivity index (χ1) is 12.6. The van der Waals surface area contributed by atoms with Crippen LogP contribution in [0.5, 0.6) is 0 Å². The molecular formula is C20H19Cl2FIN3. The van der Waals surface area contributed by atoms with Gasteiger partial charge in [-0.2, -0.15) is 0 Å². The molecule has 0 radical (unpaired) electrons. The zero-order valence-electron chi connectivity index (χ0n) is 14.9. The zero-order chi connectivity index (χ0) is 19.8. The average Bonchev–Trinajstić information content (AvgIpc) is 2.61. The second-order valence-electron chi connectivity index (χ2n) is 6.96. The van der Waals surface area contributed by atoms with E-state index in [9.17, 15) is 4.39 Å². The van der Waals surface area contributed by atoms with Crippen molar-refractivity contribution in [3.05, 3.63) is 75.7 Å². The zero-order valence-corrected chi connectivity index (χ0v) is 18.5. The van der Waals surface area contributed by atoms with E-state index < -0.39 is 14.9 Å². The molecule has 1 atom stereocenters. The van der Waals surface area contributed by atoms with Crippen molar-refractivity contribution in [3.8, 4) is 0 Å². The minimum atomic E-state index is -0.759. The first kappa shape index (κ1) is 20.7. The molecule has 27 heavy (non-hydrogen) atoms. The van der Waals surface area contributed by atoms with E-state index in [-0.39, 0.29) is 5.02 Å². The van der Waals surface area contributed by atoms with Crippen molar-refractivity contribution in [2.24, 2.45) is 5.73 Å². The van der Waals surface area contributed by atoms with Crippen molar-refractivity contribution in [1.82, 2.24) is 10.3 Å². The van der Waals surface area contributed by atoms with E-state index in [0.717, 1.165) is 22.0 Å². The van der Waals surface area contributed by atoms with Crippen LogP contribution in [0.4, 0.5) is 4.39 Å². The van der Waals surface area contributed by atoms with Gasteiger partial charge in [0.05, 0.1) is 10.5 Å². The average molecular weight is 518 g/mol. The first-order valence-electron chi connectivity index (χ1n) is 8.33. The molecule has 0 spiro atoms. The lowest BCUT2D eigenvalue weighted by molar-refractivity contribution is 0.307. The maximum absolute atomic E-state index is 13.7. The highest BCUT2D eigenvalue weighted by atomic mass is 127. The smallest absolute Gasteiger partial charge is 0.142 e. The molecule has 0 aliphatic carbocycles. The van der Waals surface area contributed by atoms with Crippen LogP contribution in [0.25, 0.3) is 10.9 Å². The van der Waals surface area contributed by atoms with Crippen LogP contribution in [0, 0.1) is 5.82 Å². The topological polar surface area (TPSA) is 50.9 Å². The van der Waals surface area contributed by atoms with Crippen LogP contribution in [-0.4, -0.2) is 10.5 Å². The third kappa shape index (κ3) is 4.22. The quantitative estimate of drug-likeness (QED) is 0.255. The highest BCUT2D eigenvalue weighted by Gasteiger charge is 2.41. The molecule has 0 saturated carbocycles. The lowest BCUT2D eigenvalue weighted by Crippen LogP contribution is -2.58. The summed E-state index contributed by atoms with van der Waals surface area (Å²) in [6, 6.07) is 12.3. The second-order valence-corrected chi connectivity index (χ2v) is 9.50. The summed E-state index contributed by atoms with van der Waals surface area (Å²) in [5, 5.41) is 5.14. The Morgan fingerprint density at radius 2 is 1.89 bits per heavy atom. The number of nitrogens with two attached hydrogens (primary N) is 1. The first-order valence-corrected chi connectivity index (χ1v) is 10.2. The molecule has 3 rings (SSSR count). The predicted octanol–water partition coefficient (Wildman–Crippen LogP) is 5.80. The number of pyridine rings is 1. The number of hydrogen-bond donors (Lipinski definition) is 2. The van der Waals surface area contributed by atoms with Crippen molar-refractivity contribution in [2.45, 2.75) is 29.5 Å². The van der Waals surface area contributed by atoms with Gasteiger partial charge in [0.15, 0.2) is 0 Å². The summed E-state index contributed by atoms with van der Waals surface area (Å²) in [6.07, 6.45) is 1.74. The van der Waals surface area contributed by atoms with Crippen LogP contribution in [0.2, 0.25) is 10.0 Å². The molecule has 1 aromatic heterocycles. The van der Waals surface area contributed by atoms with Crippen molar-refractivity contribution < 1.29 is 4.39 Å². The molecule has 0 bridgehead atoms. The van der Waals surface area contributed by atoms with Crippen molar-refractivity contribution >= 4 is 56.7 Å². The lowest BCUT2D eigenvalue weighted by atomic mass is 9.87. The maximum atomic E-state index is 13.7. The fourth-order valence-corrected chi connectivity index (χ4v) is 3.82. The van der Waals surface area contributed by atoms with E-state index in [0.29, 0.717) is 11.6 Å². The van der Waals surface area contributed by atoms with Gasteiger partial charge in [0.25, 0.3) is 0 Å². The number of fused-ring (bicyclic) bond motifs is 1. The number of benzene rings is 2. The van der Waals surface area contributed by atoms with E-state index in [1.807, 2.05) is 38.1 Å². The third-order valence-corrected chi connectivity index (χ3v) is 7.20. The van der Waals surface area contributed by atoms with E-state index in [1.54, 1.807) is 18.3 Å². The van der Waals surface area contributed by atoms with Gasteiger partial charge in [0, 0.05) is 28.7 Å². The Morgan fingerprint density at radius 3 is 2.59 bits per heavy atom. The molecule has 0 aliphatic rings. The van der Waals surface area contributed by atoms with E-state index >= 15 is 0 Å². The molecule has 3 N–H and O–H groups in total. The lowest BCUT2D eigenvalue weighted by Gasteiger charge is -2.41. The Hall–Kier alpha value is -0.990. The molecule has 2 aromatic carbocycles. The normalized spacial score (nSPS) is 14.3. The Morgan fingerprint density at radius 1 is 1.15 bits per heavy atom. The largest absolute Gasteiger partial charge is 0.312 e. The molecule has 142 valence electrons. The maximum Gasteiger partial charge on any atom is 0.142 e. The summed E-state index contributed by atoms with van der Waals surface area (Å²) in [4.78, 5) is 4.39. The van der Waals surface area contributed by atoms with Gasteiger partial charge in [-0.25, -0.2) is 4.39 Å². The van der Waals surface area contributed by atoms with Gasteiger partial charge in [-0.15, -0.1) is 0 Å². The van der Waals surface area contributed by atoms with Crippen molar-refractivity contribution in [3.63, 3.8) is 0 Å². The van der Waals surface area contributed by atoms with Crippen LogP contribution < -0.4 is 11.1 Å². The third-order valence-electron chi connectivity index (χ3n) is 4.72. The molecule has 0 saturated heterocycles. The predicted molar refractivity (Wildman–Crippen MR) is 119 cm³/mol. The second kappa shape index (κ2) is 7.79. The van der Waals surface area contributed by atoms with Gasteiger partial charge in [-0.1, -0.05) is 57.9 Å². The van der Waals surface area contributed by atoms with E-state index in [2.05, 4.69) is 32.9 Å². The standard InChI is InChI=1S/C20H19Cl2FIN3/c1-19(2,27-11-12-3-6-16(22)17(23)9-12)20(24,25)15-7-8-26-18-10-13(21)4-5-14(15)18/h3-10,27H,11,25H2,1-2H3. The van der Waals surface area contributed by atoms with Gasteiger partial charge in [0.1, 0.15) is 9.36 Å². The van der Waals surface area contributed by atoms with Gasteiger partial charge in [-0.3, -0.25) is 4.98 Å². The Labute approximate surface area is 181 Å².